The number of hydrogen-bond acceptors (Lipinski definition) is 15. The number of Topliss-reactive ketones (excluding diaryl/α,β-unsaturated/α-hetero) is 1. The van der Waals surface area contributed by atoms with E-state index in [0.717, 1.165) is 5.56 Å². The Bertz CT molecular complexity index is 1840. The molecular formula is C43H64N6O11. The maximum absolute atomic E-state index is 14.5. The van der Waals surface area contributed by atoms with Gasteiger partial charge in [0.15, 0.2) is 17.9 Å². The Hall–Kier alpha value is -3.97. The van der Waals surface area contributed by atoms with Crippen molar-refractivity contribution in [1.29, 1.82) is 0 Å². The van der Waals surface area contributed by atoms with Crippen molar-refractivity contribution in [3.8, 4) is 5.82 Å². The summed E-state index contributed by atoms with van der Waals surface area (Å²) >= 11 is 0. The van der Waals surface area contributed by atoms with Crippen LogP contribution in [0.1, 0.15) is 87.1 Å². The smallest absolute Gasteiger partial charge is 0.316 e. The van der Waals surface area contributed by atoms with Crippen molar-refractivity contribution in [3.05, 3.63) is 42.4 Å². The summed E-state index contributed by atoms with van der Waals surface area (Å²) in [5.74, 6) is -4.71. The number of carbonyl (C=O) groups excluding carboxylic acids is 3. The van der Waals surface area contributed by atoms with Crippen molar-refractivity contribution in [1.82, 2.24) is 19.7 Å². The number of fused-ring (bicyclic) bond motifs is 5. The number of aliphatic imine (C=N–C) groups is 1. The zero-order valence-corrected chi connectivity index (χ0v) is 36.8. The average molecular weight is 841 g/mol. The van der Waals surface area contributed by atoms with Gasteiger partial charge in [0.2, 0.25) is 5.91 Å². The number of pyridine rings is 1. The summed E-state index contributed by atoms with van der Waals surface area (Å²) in [6.07, 6.45) is -0.0360. The van der Waals surface area contributed by atoms with E-state index in [1.54, 1.807) is 63.1 Å². The number of nitrogens with zero attached hydrogens (tertiary/aromatic N) is 6. The van der Waals surface area contributed by atoms with Gasteiger partial charge in [-0.3, -0.25) is 14.4 Å². The molecule has 5 rings (SSSR count). The molecule has 0 radical (unpaired) electrons. The Balaban J connectivity index is 1.63. The zero-order valence-electron chi connectivity index (χ0n) is 36.8. The number of esters is 1. The standard InChI is InChI=1S/C43H64N6O11/c1-12-33-43(9,54)39-26(4)35(46-29(7)50)24(2)19-42(8,56-23-31(22-55-39)47-57-21-30-14-15-34(44-20-30)49-17-13-16-45-49)38(27(5)36(51)28(6)40(53)59-33)60-41-37(52)32(48(10)11)18-25(3)58-41/h13-17,20,24-28,32-33,37-39,41,52,54H,12,18-19,21-23H2,1-11H3/b46-35+,47-31+/t24-,25-,26+,27+,28-,32+,33-,37-,38-,39+,41+,42-,43-/m1/s1. The molecule has 13 atom stereocenters. The number of carbonyl (C=O) groups is 3. The fraction of sp³-hybridized carbons (Fsp3) is 0.698. The molecule has 0 unspecified atom stereocenters. The number of hydrogen-bond donors (Lipinski definition) is 2. The molecule has 0 aromatic carbocycles. The Morgan fingerprint density at radius 1 is 1.10 bits per heavy atom. The first-order chi connectivity index (χ1) is 28.3. The summed E-state index contributed by atoms with van der Waals surface area (Å²) < 4.78 is 34.1. The lowest BCUT2D eigenvalue weighted by Crippen LogP contribution is -2.60. The van der Waals surface area contributed by atoms with Crippen LogP contribution in [0.5, 0.6) is 0 Å². The highest BCUT2D eigenvalue weighted by atomic mass is 16.7. The molecule has 2 aromatic heterocycles. The van der Waals surface area contributed by atoms with Crippen molar-refractivity contribution < 1.29 is 53.1 Å². The quantitative estimate of drug-likeness (QED) is 0.221. The first-order valence-corrected chi connectivity index (χ1v) is 20.9. The minimum atomic E-state index is -1.86. The van der Waals surface area contributed by atoms with Gasteiger partial charge in [0.25, 0.3) is 0 Å². The molecule has 3 aliphatic rings. The third kappa shape index (κ3) is 10.7. The van der Waals surface area contributed by atoms with Crippen LogP contribution < -0.4 is 0 Å². The summed E-state index contributed by atoms with van der Waals surface area (Å²) in [4.78, 5) is 58.0. The number of ether oxygens (including phenoxy) is 5. The number of amides is 1. The third-order valence-corrected chi connectivity index (χ3v) is 12.1. The second-order valence-electron chi connectivity index (χ2n) is 17.3. The average Bonchev–Trinajstić information content (AvgIpc) is 3.74. The van der Waals surface area contributed by atoms with Crippen molar-refractivity contribution in [2.45, 2.75) is 142 Å². The molecule has 3 fully saturated rings. The molecule has 0 aliphatic carbocycles. The van der Waals surface area contributed by atoms with Gasteiger partial charge in [-0.1, -0.05) is 38.9 Å². The van der Waals surface area contributed by atoms with Gasteiger partial charge in [-0.2, -0.15) is 5.10 Å². The van der Waals surface area contributed by atoms with Gasteiger partial charge in [-0.25, -0.2) is 14.7 Å². The summed E-state index contributed by atoms with van der Waals surface area (Å²) in [6.45, 7) is 14.7. The molecule has 60 heavy (non-hydrogen) atoms. The summed E-state index contributed by atoms with van der Waals surface area (Å²) in [7, 11) is 3.73. The van der Waals surface area contributed by atoms with Gasteiger partial charge < -0.3 is 43.6 Å². The number of aliphatic hydroxyl groups excluding tert-OH is 1. The van der Waals surface area contributed by atoms with Gasteiger partial charge in [0.1, 0.15) is 36.0 Å². The molecule has 0 spiro atoms. The van der Waals surface area contributed by atoms with Crippen molar-refractivity contribution in [2.75, 3.05) is 27.3 Å². The lowest BCUT2D eigenvalue weighted by molar-refractivity contribution is -0.296. The first kappa shape index (κ1) is 47.1. The summed E-state index contributed by atoms with van der Waals surface area (Å²) in [6, 6.07) is 5.13. The van der Waals surface area contributed by atoms with E-state index in [4.69, 9.17) is 28.5 Å². The minimum Gasteiger partial charge on any atom is -0.459 e. The molecule has 332 valence electrons. The van der Waals surface area contributed by atoms with Crippen LogP contribution in [0, 0.1) is 23.7 Å². The van der Waals surface area contributed by atoms with E-state index in [2.05, 4.69) is 20.2 Å². The molecule has 5 heterocycles. The SMILES string of the molecule is CC[C@H]1OC(=O)[C@H](C)C(=O)[C@H](C)[C@@H](O[C@@H]2O[C@H](C)C[C@H](N(C)C)[C@H]2O)[C@@]2(C)C[C@@H](C)/C(=N\C(C)=O)[C@H](C)[C@H](OC/C(=N\OCc3ccc(-n4cccn4)nc3)CO2)[C@]1(C)O. The molecule has 17 nitrogen and oxygen atoms in total. The zero-order chi connectivity index (χ0) is 44.1. The van der Waals surface area contributed by atoms with E-state index in [-0.39, 0.29) is 50.5 Å². The van der Waals surface area contributed by atoms with Crippen LogP contribution >= 0.6 is 0 Å². The highest BCUT2D eigenvalue weighted by molar-refractivity contribution is 6.00. The maximum atomic E-state index is 14.5. The van der Waals surface area contributed by atoms with Crippen LogP contribution in [-0.2, 0) is 49.5 Å². The molecule has 2 bridgehead atoms. The largest absolute Gasteiger partial charge is 0.459 e. The van der Waals surface area contributed by atoms with Gasteiger partial charge in [-0.05, 0) is 79.1 Å². The molecule has 3 aliphatic heterocycles. The van der Waals surface area contributed by atoms with Crippen LogP contribution in [0.3, 0.4) is 0 Å². The first-order valence-electron chi connectivity index (χ1n) is 20.9. The number of aliphatic hydroxyl groups is 2. The monoisotopic (exact) mass is 840 g/mol. The second kappa shape index (κ2) is 19.8. The summed E-state index contributed by atoms with van der Waals surface area (Å²) in [5.41, 5.74) is -1.84. The van der Waals surface area contributed by atoms with E-state index in [1.165, 1.54) is 20.8 Å². The molecule has 0 saturated carbocycles. The second-order valence-corrected chi connectivity index (χ2v) is 17.3. The number of cyclic esters (lactones) is 1. The van der Waals surface area contributed by atoms with Gasteiger partial charge in [0.05, 0.1) is 37.1 Å². The van der Waals surface area contributed by atoms with Gasteiger partial charge in [-0.15, -0.1) is 0 Å². The number of oxime groups is 1. The molecule has 17 heteroatoms. The minimum absolute atomic E-state index is 0.0440. The molecule has 2 aromatic rings. The van der Waals surface area contributed by atoms with Gasteiger partial charge >= 0.3 is 5.97 Å². The lowest BCUT2D eigenvalue weighted by Gasteiger charge is -2.47. The third-order valence-electron chi connectivity index (χ3n) is 12.1. The Labute approximate surface area is 352 Å². The van der Waals surface area contributed by atoms with Crippen LogP contribution in [0.25, 0.3) is 5.82 Å². The van der Waals surface area contributed by atoms with Crippen molar-refractivity contribution in [3.63, 3.8) is 0 Å². The number of aromatic nitrogens is 3. The summed E-state index contributed by atoms with van der Waals surface area (Å²) in [5, 5.41) is 32.8. The number of likely N-dealkylation sites (N-methyl/N-ethyl adjacent to an activating group) is 1. The van der Waals surface area contributed by atoms with Gasteiger partial charge in [0, 0.05) is 54.7 Å². The molecule has 1 amide bonds. The number of ketones is 1. The molecule has 2 N–H and O–H groups in total. The van der Waals surface area contributed by atoms with Crippen molar-refractivity contribution >= 4 is 29.1 Å². The Morgan fingerprint density at radius 3 is 2.45 bits per heavy atom. The molecular weight excluding hydrogens is 777 g/mol. The van der Waals surface area contributed by atoms with Crippen LogP contribution in [0.15, 0.2) is 46.9 Å². The lowest BCUT2D eigenvalue weighted by atomic mass is 9.73. The highest BCUT2D eigenvalue weighted by Gasteiger charge is 2.53. The van der Waals surface area contributed by atoms with Crippen molar-refractivity contribution in [2.24, 2.45) is 33.8 Å². The van der Waals surface area contributed by atoms with Crippen LogP contribution in [0.2, 0.25) is 0 Å². The Morgan fingerprint density at radius 2 is 1.83 bits per heavy atom. The van der Waals surface area contributed by atoms with E-state index in [0.29, 0.717) is 18.0 Å². The van der Waals surface area contributed by atoms with E-state index >= 15 is 0 Å². The van der Waals surface area contributed by atoms with Crippen LogP contribution in [-0.4, -0.2) is 140 Å². The van der Waals surface area contributed by atoms with E-state index in [1.807, 2.05) is 38.9 Å². The Kier molecular flexibility index (Phi) is 15.6. The fourth-order valence-corrected chi connectivity index (χ4v) is 8.85. The van der Waals surface area contributed by atoms with E-state index in [9.17, 15) is 24.6 Å². The maximum Gasteiger partial charge on any atom is 0.316 e. The van der Waals surface area contributed by atoms with E-state index < -0.39 is 83.2 Å². The fourth-order valence-electron chi connectivity index (χ4n) is 8.85. The molecule has 3 saturated heterocycles. The number of rotatable bonds is 8. The topological polar surface area (TPSA) is 206 Å². The predicted molar refractivity (Wildman–Crippen MR) is 220 cm³/mol. The predicted octanol–water partition coefficient (Wildman–Crippen LogP) is 3.70. The highest BCUT2D eigenvalue weighted by Crippen LogP contribution is 2.40. The van der Waals surface area contributed by atoms with Crippen LogP contribution in [0.4, 0.5) is 0 Å². The normalized spacial score (nSPS) is 37.6.